The van der Waals surface area contributed by atoms with Gasteiger partial charge in [0.05, 0.1) is 9.13 Å². The topological polar surface area (TPSA) is 22.1 Å². The van der Waals surface area contributed by atoms with E-state index in [4.69, 9.17) is 11.6 Å². The first kappa shape index (κ1) is 15.6. The largest absolute Gasteiger partial charge is 0.574 e. The average molecular weight is 405 g/mol. The molecule has 0 unspecified atom stereocenters. The summed E-state index contributed by atoms with van der Waals surface area (Å²) in [6, 6.07) is 0. The maximum atomic E-state index is 12.5. The lowest BCUT2D eigenvalue weighted by molar-refractivity contribution is -0.276. The summed E-state index contributed by atoms with van der Waals surface area (Å²) in [4.78, 5) is 3.01. The zero-order chi connectivity index (χ0) is 14.1. The highest BCUT2D eigenvalue weighted by Gasteiger charge is 2.38. The van der Waals surface area contributed by atoms with Crippen molar-refractivity contribution in [2.45, 2.75) is 18.4 Å². The number of alkyl halides is 7. The van der Waals surface area contributed by atoms with E-state index < -0.39 is 39.0 Å². The minimum absolute atomic E-state index is 0.265. The van der Waals surface area contributed by atoms with Gasteiger partial charge in [0, 0.05) is 12.1 Å². The third kappa shape index (κ3) is 3.77. The minimum Gasteiger partial charge on any atom is -0.387 e. The van der Waals surface area contributed by atoms with Gasteiger partial charge in [-0.3, -0.25) is 0 Å². The minimum atomic E-state index is -5.03. The van der Waals surface area contributed by atoms with Crippen molar-refractivity contribution >= 4 is 34.2 Å². The van der Waals surface area contributed by atoms with Crippen molar-refractivity contribution < 1.29 is 31.1 Å². The molecule has 1 aromatic rings. The molecule has 0 atom stereocenters. The highest BCUT2D eigenvalue weighted by molar-refractivity contribution is 14.1. The second-order valence-corrected chi connectivity index (χ2v) is 4.29. The van der Waals surface area contributed by atoms with E-state index in [1.165, 1.54) is 22.6 Å². The zero-order valence-electron chi connectivity index (χ0n) is 8.16. The zero-order valence-corrected chi connectivity index (χ0v) is 11.1. The van der Waals surface area contributed by atoms with Crippen LogP contribution < -0.4 is 4.74 Å². The third-order valence-electron chi connectivity index (χ3n) is 1.74. The highest BCUT2D eigenvalue weighted by Crippen LogP contribution is 2.37. The molecular formula is C8H3ClF6INO. The Morgan fingerprint density at radius 2 is 1.78 bits per heavy atom. The average Bonchev–Trinajstić information content (AvgIpc) is 2.17. The Kier molecular flexibility index (Phi) is 4.57. The second kappa shape index (κ2) is 5.27. The van der Waals surface area contributed by atoms with Crippen molar-refractivity contribution in [2.75, 3.05) is 0 Å². The third-order valence-corrected chi connectivity index (χ3v) is 3.12. The van der Waals surface area contributed by atoms with Crippen molar-refractivity contribution in [1.82, 2.24) is 4.98 Å². The van der Waals surface area contributed by atoms with Gasteiger partial charge in [-0.15, -0.1) is 24.8 Å². The molecule has 0 aromatic carbocycles. The fraction of sp³-hybridized carbons (Fsp3) is 0.375. The molecule has 0 aliphatic carbocycles. The maximum absolute atomic E-state index is 12.5. The molecule has 0 bridgehead atoms. The lowest BCUT2D eigenvalue weighted by atomic mass is 10.1. The Morgan fingerprint density at radius 1 is 1.22 bits per heavy atom. The van der Waals surface area contributed by atoms with Gasteiger partial charge in [-0.1, -0.05) is 0 Å². The van der Waals surface area contributed by atoms with Crippen LogP contribution in [0.3, 0.4) is 0 Å². The molecule has 2 nitrogen and oxygen atoms in total. The molecule has 1 heterocycles. The molecule has 0 fully saturated rings. The van der Waals surface area contributed by atoms with E-state index in [0.717, 1.165) is 0 Å². The second-order valence-electron chi connectivity index (χ2n) is 2.95. The number of hydrogen-bond acceptors (Lipinski definition) is 2. The predicted octanol–water partition coefficient (Wildman–Crippen LogP) is 4.34. The lowest BCUT2D eigenvalue weighted by Crippen LogP contribution is -2.20. The van der Waals surface area contributed by atoms with Gasteiger partial charge in [-0.25, -0.2) is 4.98 Å². The molecule has 0 aliphatic rings. The van der Waals surface area contributed by atoms with Gasteiger partial charge < -0.3 is 4.74 Å². The van der Waals surface area contributed by atoms with Crippen molar-refractivity contribution in [3.63, 3.8) is 0 Å². The van der Waals surface area contributed by atoms with Gasteiger partial charge >= 0.3 is 12.5 Å². The molecule has 10 heteroatoms. The molecule has 102 valence electrons. The van der Waals surface area contributed by atoms with Crippen LogP contribution in [0.2, 0.25) is 0 Å². The van der Waals surface area contributed by atoms with Crippen LogP contribution in [0.25, 0.3) is 0 Å². The summed E-state index contributed by atoms with van der Waals surface area (Å²) >= 11 is 6.59. The fourth-order valence-corrected chi connectivity index (χ4v) is 2.29. The highest BCUT2D eigenvalue weighted by atomic mass is 127. The van der Waals surface area contributed by atoms with Gasteiger partial charge in [0.15, 0.2) is 0 Å². The molecule has 0 amide bonds. The molecular weight excluding hydrogens is 402 g/mol. The van der Waals surface area contributed by atoms with Crippen LogP contribution in [0.4, 0.5) is 26.3 Å². The van der Waals surface area contributed by atoms with Crippen LogP contribution in [0.15, 0.2) is 6.20 Å². The summed E-state index contributed by atoms with van der Waals surface area (Å²) in [5.74, 6) is -1.56. The Labute approximate surface area is 115 Å². The van der Waals surface area contributed by atoms with Crippen molar-refractivity contribution in [3.05, 3.63) is 20.9 Å². The summed E-state index contributed by atoms with van der Waals surface area (Å²) in [6.45, 7) is 0. The first-order chi connectivity index (χ1) is 8.06. The first-order valence-corrected chi connectivity index (χ1v) is 5.74. The number of hydrogen-bond donors (Lipinski definition) is 0. The molecule has 18 heavy (non-hydrogen) atoms. The molecule has 0 saturated heterocycles. The van der Waals surface area contributed by atoms with Crippen molar-refractivity contribution in [2.24, 2.45) is 0 Å². The number of rotatable bonds is 2. The van der Waals surface area contributed by atoms with Gasteiger partial charge in [-0.05, 0) is 28.2 Å². The van der Waals surface area contributed by atoms with Gasteiger partial charge in [0.25, 0.3) is 0 Å². The molecule has 0 spiro atoms. The van der Waals surface area contributed by atoms with Crippen LogP contribution in [0, 0.1) is 3.57 Å². The number of ether oxygens (including phenoxy) is 1. The van der Waals surface area contributed by atoms with Crippen LogP contribution in [-0.2, 0) is 12.1 Å². The summed E-state index contributed by atoms with van der Waals surface area (Å²) in [7, 11) is 0. The van der Waals surface area contributed by atoms with Crippen LogP contribution in [0.5, 0.6) is 5.88 Å². The van der Waals surface area contributed by atoms with E-state index in [2.05, 4.69) is 9.72 Å². The van der Waals surface area contributed by atoms with Gasteiger partial charge in [0.1, 0.15) is 0 Å². The number of aromatic nitrogens is 1. The van der Waals surface area contributed by atoms with E-state index in [-0.39, 0.29) is 6.20 Å². The lowest BCUT2D eigenvalue weighted by Gasteiger charge is -2.15. The Balaban J connectivity index is 3.29. The van der Waals surface area contributed by atoms with Crippen molar-refractivity contribution in [1.29, 1.82) is 0 Å². The van der Waals surface area contributed by atoms with E-state index in [1.54, 1.807) is 0 Å². The van der Waals surface area contributed by atoms with Crippen LogP contribution in [0.1, 0.15) is 11.1 Å². The monoisotopic (exact) mass is 405 g/mol. The smallest absolute Gasteiger partial charge is 0.387 e. The molecule has 1 aromatic heterocycles. The van der Waals surface area contributed by atoms with E-state index in [1.807, 2.05) is 0 Å². The summed E-state index contributed by atoms with van der Waals surface area (Å²) in [5, 5.41) is 0. The quantitative estimate of drug-likeness (QED) is 0.415. The first-order valence-electron chi connectivity index (χ1n) is 4.12. The molecule has 0 radical (unpaired) electrons. The Morgan fingerprint density at radius 3 is 2.17 bits per heavy atom. The maximum Gasteiger partial charge on any atom is 0.574 e. The molecule has 0 N–H and O–H groups in total. The van der Waals surface area contributed by atoms with E-state index in [9.17, 15) is 26.3 Å². The SMILES string of the molecule is FC(F)(F)Oc1ncc(C(F)(F)F)c(CCl)c1I. The standard InChI is InChI=1S/C8H3ClF6INO/c9-1-3-4(7(10,11)12)2-17-6(5(3)16)18-8(13,14)15/h2H,1H2. The summed E-state index contributed by atoms with van der Waals surface area (Å²) < 4.78 is 76.5. The van der Waals surface area contributed by atoms with E-state index in [0.29, 0.717) is 0 Å². The number of nitrogens with zero attached hydrogens (tertiary/aromatic N) is 1. The van der Waals surface area contributed by atoms with Gasteiger partial charge in [-0.2, -0.15) is 13.2 Å². The summed E-state index contributed by atoms with van der Waals surface area (Å²) in [6.07, 6.45) is -9.51. The number of pyridine rings is 1. The normalized spacial score (nSPS) is 12.7. The van der Waals surface area contributed by atoms with Crippen molar-refractivity contribution in [3.8, 4) is 5.88 Å². The number of halogens is 8. The van der Waals surface area contributed by atoms with Crippen LogP contribution in [-0.4, -0.2) is 11.3 Å². The van der Waals surface area contributed by atoms with E-state index >= 15 is 0 Å². The van der Waals surface area contributed by atoms with Gasteiger partial charge in [0.2, 0.25) is 5.88 Å². The summed E-state index contributed by atoms with van der Waals surface area (Å²) in [5.41, 5.74) is -1.68. The Hall–Kier alpha value is -0.450. The van der Waals surface area contributed by atoms with Crippen LogP contribution >= 0.6 is 34.2 Å². The molecule has 0 aliphatic heterocycles. The molecule has 0 saturated carbocycles. The molecule has 1 rings (SSSR count). The predicted molar refractivity (Wildman–Crippen MR) is 58.2 cm³/mol. The fourth-order valence-electron chi connectivity index (χ4n) is 1.06. The Bertz CT molecular complexity index is 446.